The van der Waals surface area contributed by atoms with Crippen molar-refractivity contribution in [2.45, 2.75) is 0 Å². The number of fused-ring (bicyclic) bond motifs is 3. The maximum Gasteiger partial charge on any atom is 0.0561 e. The van der Waals surface area contributed by atoms with Gasteiger partial charge in [0, 0.05) is 67.6 Å². The van der Waals surface area contributed by atoms with E-state index in [0.29, 0.717) is 0 Å². The number of nitrogens with zero attached hydrogens (tertiary/aromatic N) is 4. The van der Waals surface area contributed by atoms with Crippen LogP contribution >= 0.6 is 0 Å². The highest BCUT2D eigenvalue weighted by Crippen LogP contribution is 2.46. The van der Waals surface area contributed by atoms with Crippen molar-refractivity contribution in [3.05, 3.63) is 291 Å². The fourth-order valence-electron chi connectivity index (χ4n) is 9.97. The third kappa shape index (κ3) is 8.04. The van der Waals surface area contributed by atoms with E-state index in [1.54, 1.807) is 0 Å². The molecule has 0 radical (unpaired) electrons. The molecule has 4 nitrogen and oxygen atoms in total. The molecule has 0 aliphatic rings. The van der Waals surface area contributed by atoms with Crippen LogP contribution in [0.3, 0.4) is 0 Å². The molecule has 0 unspecified atom stereocenters. The number of para-hydroxylation sites is 5. The Hall–Kier alpha value is -9.38. The van der Waals surface area contributed by atoms with Crippen LogP contribution in [0.25, 0.3) is 49.7 Å². The molecule has 332 valence electrons. The van der Waals surface area contributed by atoms with Gasteiger partial charge in [0.05, 0.1) is 11.0 Å². The van der Waals surface area contributed by atoms with Gasteiger partial charge in [-0.3, -0.25) is 0 Å². The lowest BCUT2D eigenvalue weighted by atomic mass is 9.93. The van der Waals surface area contributed by atoms with Gasteiger partial charge in [-0.1, -0.05) is 176 Å². The molecule has 0 fully saturated rings. The summed E-state index contributed by atoms with van der Waals surface area (Å²) in [5, 5.41) is 2.42. The van der Waals surface area contributed by atoms with Gasteiger partial charge >= 0.3 is 0 Å². The summed E-state index contributed by atoms with van der Waals surface area (Å²) in [6, 6.07) is 104. The van der Waals surface area contributed by atoms with Gasteiger partial charge < -0.3 is 19.3 Å². The Morgan fingerprint density at radius 2 is 0.571 bits per heavy atom. The lowest BCUT2D eigenvalue weighted by Crippen LogP contribution is -2.14. The lowest BCUT2D eigenvalue weighted by Gasteiger charge is -2.31. The van der Waals surface area contributed by atoms with Crippen LogP contribution in [-0.2, 0) is 0 Å². The first-order valence-corrected chi connectivity index (χ1v) is 23.8. The molecule has 0 spiro atoms. The highest BCUT2D eigenvalue weighted by Gasteiger charge is 2.22. The zero-order valence-electron chi connectivity index (χ0n) is 38.5. The third-order valence-corrected chi connectivity index (χ3v) is 13.1. The predicted octanol–water partition coefficient (Wildman–Crippen LogP) is 18.5. The molecule has 0 aliphatic carbocycles. The van der Waals surface area contributed by atoms with Gasteiger partial charge in [-0.05, 0) is 138 Å². The number of hydrogen-bond acceptors (Lipinski definition) is 3. The van der Waals surface area contributed by atoms with Crippen molar-refractivity contribution < 1.29 is 0 Å². The molecule has 1 heterocycles. The molecule has 4 heteroatoms. The molecule has 0 N–H and O–H groups in total. The first-order chi connectivity index (χ1) is 34.7. The molecule has 11 aromatic carbocycles. The Morgan fingerprint density at radius 3 is 1.10 bits per heavy atom. The van der Waals surface area contributed by atoms with Crippen LogP contribution < -0.4 is 14.7 Å². The van der Waals surface area contributed by atoms with Crippen molar-refractivity contribution in [3.8, 4) is 27.9 Å². The van der Waals surface area contributed by atoms with Crippen LogP contribution in [-0.4, -0.2) is 4.57 Å². The molecule has 0 amide bonds. The summed E-state index contributed by atoms with van der Waals surface area (Å²) in [7, 11) is 0. The van der Waals surface area contributed by atoms with E-state index in [9.17, 15) is 0 Å². The summed E-state index contributed by atoms with van der Waals surface area (Å²) in [6.07, 6.45) is 0. The van der Waals surface area contributed by atoms with E-state index in [2.05, 4.69) is 310 Å². The summed E-state index contributed by atoms with van der Waals surface area (Å²) in [5.74, 6) is 0. The average Bonchev–Trinajstić information content (AvgIpc) is 3.77. The fraction of sp³-hybridized carbons (Fsp3) is 0. The maximum atomic E-state index is 2.41. The van der Waals surface area contributed by atoms with E-state index in [1.165, 1.54) is 38.5 Å². The average molecular weight is 897 g/mol. The highest BCUT2D eigenvalue weighted by atomic mass is 15.2. The van der Waals surface area contributed by atoms with Crippen LogP contribution in [0.5, 0.6) is 0 Å². The molecular formula is C66H48N4. The van der Waals surface area contributed by atoms with Crippen LogP contribution in [0.1, 0.15) is 0 Å². The van der Waals surface area contributed by atoms with Gasteiger partial charge in [-0.15, -0.1) is 0 Å². The molecule has 0 aliphatic heterocycles. The fourth-order valence-corrected chi connectivity index (χ4v) is 9.97. The van der Waals surface area contributed by atoms with Gasteiger partial charge in [0.25, 0.3) is 0 Å². The number of hydrogen-bond donors (Lipinski definition) is 0. The highest BCUT2D eigenvalue weighted by molar-refractivity contribution is 6.10. The van der Waals surface area contributed by atoms with Crippen molar-refractivity contribution >= 4 is 73.0 Å². The Kier molecular flexibility index (Phi) is 11.2. The van der Waals surface area contributed by atoms with Gasteiger partial charge in [-0.2, -0.15) is 0 Å². The second-order valence-electron chi connectivity index (χ2n) is 17.4. The van der Waals surface area contributed by atoms with E-state index in [-0.39, 0.29) is 0 Å². The standard InChI is InChI=1S/C66H48N4/c1-7-23-49(24-8-1)61-43-41-59(47-64(61)50-25-9-2-10-26-50)68(53-31-15-5-16-32-53)56-36-22-38-58(46-56)69(57-37-21-35-55(45-57)67(51-27-11-3-12-28-51)52-29-13-4-14-30-52)60-42-44-63-62-39-19-20-40-65(62)70(66(63)48-60)54-33-17-6-18-34-54/h1-48H. The van der Waals surface area contributed by atoms with E-state index in [4.69, 9.17) is 0 Å². The zero-order chi connectivity index (χ0) is 46.6. The summed E-state index contributed by atoms with van der Waals surface area (Å²) in [6.45, 7) is 0. The monoisotopic (exact) mass is 896 g/mol. The first-order valence-electron chi connectivity index (χ1n) is 23.8. The van der Waals surface area contributed by atoms with Crippen LogP contribution in [0.4, 0.5) is 51.2 Å². The summed E-state index contributed by atoms with van der Waals surface area (Å²) < 4.78 is 2.40. The molecule has 0 saturated heterocycles. The molecule has 12 aromatic rings. The minimum absolute atomic E-state index is 1.02. The Labute approximate surface area is 409 Å². The number of anilines is 9. The van der Waals surface area contributed by atoms with E-state index >= 15 is 0 Å². The van der Waals surface area contributed by atoms with Gasteiger partial charge in [-0.25, -0.2) is 0 Å². The topological polar surface area (TPSA) is 14.7 Å². The normalized spacial score (nSPS) is 11.1. The molecule has 0 saturated carbocycles. The number of benzene rings is 11. The van der Waals surface area contributed by atoms with Crippen molar-refractivity contribution in [1.29, 1.82) is 0 Å². The van der Waals surface area contributed by atoms with Crippen molar-refractivity contribution in [3.63, 3.8) is 0 Å². The van der Waals surface area contributed by atoms with Crippen molar-refractivity contribution in [1.82, 2.24) is 4.57 Å². The Bertz CT molecular complexity index is 3670. The summed E-state index contributed by atoms with van der Waals surface area (Å²) in [4.78, 5) is 7.11. The van der Waals surface area contributed by atoms with Gasteiger partial charge in [0.15, 0.2) is 0 Å². The molecule has 70 heavy (non-hydrogen) atoms. The quantitative estimate of drug-likeness (QED) is 0.121. The molecule has 0 bridgehead atoms. The second kappa shape index (κ2) is 18.7. The zero-order valence-corrected chi connectivity index (χ0v) is 38.5. The Morgan fingerprint density at radius 1 is 0.214 bits per heavy atom. The number of rotatable bonds is 12. The van der Waals surface area contributed by atoms with E-state index in [0.717, 1.165) is 62.4 Å². The van der Waals surface area contributed by atoms with Crippen molar-refractivity contribution in [2.75, 3.05) is 14.7 Å². The second-order valence-corrected chi connectivity index (χ2v) is 17.4. The first kappa shape index (κ1) is 42.0. The summed E-state index contributed by atoms with van der Waals surface area (Å²) in [5.41, 5.74) is 17.6. The summed E-state index contributed by atoms with van der Waals surface area (Å²) >= 11 is 0. The Balaban J connectivity index is 1.07. The maximum absolute atomic E-state index is 2.41. The predicted molar refractivity (Wildman–Crippen MR) is 296 cm³/mol. The third-order valence-electron chi connectivity index (χ3n) is 13.1. The van der Waals surface area contributed by atoms with Gasteiger partial charge in [0.1, 0.15) is 0 Å². The van der Waals surface area contributed by atoms with E-state index in [1.807, 2.05) is 0 Å². The van der Waals surface area contributed by atoms with Crippen molar-refractivity contribution in [2.24, 2.45) is 0 Å². The minimum Gasteiger partial charge on any atom is -0.310 e. The van der Waals surface area contributed by atoms with E-state index < -0.39 is 0 Å². The smallest absolute Gasteiger partial charge is 0.0561 e. The molecule has 12 rings (SSSR count). The minimum atomic E-state index is 1.02. The number of aromatic nitrogens is 1. The van der Waals surface area contributed by atoms with Gasteiger partial charge in [0.2, 0.25) is 0 Å². The largest absolute Gasteiger partial charge is 0.310 e. The molecule has 0 atom stereocenters. The van der Waals surface area contributed by atoms with Crippen LogP contribution in [0.2, 0.25) is 0 Å². The molecular weight excluding hydrogens is 849 g/mol. The van der Waals surface area contributed by atoms with Crippen LogP contribution in [0, 0.1) is 0 Å². The SMILES string of the molecule is c1ccc(-c2ccc(N(c3ccccc3)c3cccc(N(c4cccc(N(c5ccccc5)c5ccccc5)c4)c4ccc5c6ccccc6n(-c6ccccc6)c5c4)c3)cc2-c2ccccc2)cc1. The lowest BCUT2D eigenvalue weighted by molar-refractivity contribution is 1.18. The van der Waals surface area contributed by atoms with Crippen LogP contribution in [0.15, 0.2) is 291 Å². The molecule has 1 aromatic heterocycles.